The van der Waals surface area contributed by atoms with Gasteiger partial charge in [-0.05, 0) is 32.1 Å². The highest BCUT2D eigenvalue weighted by atomic mass is 15.2. The topological polar surface area (TPSA) is 41.1 Å². The van der Waals surface area contributed by atoms with Crippen LogP contribution in [0.2, 0.25) is 0 Å². The van der Waals surface area contributed by atoms with Gasteiger partial charge in [-0.25, -0.2) is 9.97 Å². The van der Waals surface area contributed by atoms with Gasteiger partial charge in [-0.2, -0.15) is 0 Å². The zero-order chi connectivity index (χ0) is 14.4. The molecule has 0 aliphatic carbocycles. The summed E-state index contributed by atoms with van der Waals surface area (Å²) in [5.74, 6) is 3.00. The largest absolute Gasteiger partial charge is 0.370 e. The third-order valence-corrected chi connectivity index (χ3v) is 4.16. The Morgan fingerprint density at radius 3 is 2.85 bits per heavy atom. The Morgan fingerprint density at radius 1 is 1.30 bits per heavy atom. The van der Waals surface area contributed by atoms with Crippen molar-refractivity contribution in [3.8, 4) is 0 Å². The van der Waals surface area contributed by atoms with E-state index in [2.05, 4.69) is 41.0 Å². The fraction of sp³-hybridized carbons (Fsp3) is 0.750. The number of piperidine rings is 1. The van der Waals surface area contributed by atoms with Crippen LogP contribution in [0.25, 0.3) is 0 Å². The molecule has 4 heteroatoms. The van der Waals surface area contributed by atoms with Crippen LogP contribution in [0.1, 0.15) is 52.0 Å². The van der Waals surface area contributed by atoms with E-state index in [4.69, 9.17) is 0 Å². The van der Waals surface area contributed by atoms with Gasteiger partial charge >= 0.3 is 0 Å². The van der Waals surface area contributed by atoms with E-state index in [1.54, 1.807) is 6.33 Å². The fourth-order valence-electron chi connectivity index (χ4n) is 3.07. The van der Waals surface area contributed by atoms with E-state index in [-0.39, 0.29) is 0 Å². The first-order valence-electron chi connectivity index (χ1n) is 8.12. The van der Waals surface area contributed by atoms with Gasteiger partial charge in [-0.1, -0.05) is 26.7 Å². The molecule has 2 rings (SSSR count). The van der Waals surface area contributed by atoms with E-state index >= 15 is 0 Å². The second-order valence-corrected chi connectivity index (χ2v) is 5.67. The van der Waals surface area contributed by atoms with Gasteiger partial charge in [0, 0.05) is 25.2 Å². The molecule has 1 saturated heterocycles. The van der Waals surface area contributed by atoms with Crippen molar-refractivity contribution in [1.82, 2.24) is 9.97 Å². The average Bonchev–Trinajstić information content (AvgIpc) is 2.49. The highest BCUT2D eigenvalue weighted by Crippen LogP contribution is 2.29. The summed E-state index contributed by atoms with van der Waals surface area (Å²) in [6.07, 6.45) is 7.80. The van der Waals surface area contributed by atoms with Crippen molar-refractivity contribution in [3.05, 3.63) is 11.9 Å². The van der Waals surface area contributed by atoms with Crippen LogP contribution in [0.3, 0.4) is 0 Å². The predicted molar refractivity (Wildman–Crippen MR) is 85.4 cm³/mol. The molecule has 4 nitrogen and oxygen atoms in total. The molecule has 1 aliphatic rings. The van der Waals surface area contributed by atoms with Crippen molar-refractivity contribution < 1.29 is 0 Å². The number of aromatic nitrogens is 2. The minimum Gasteiger partial charge on any atom is -0.370 e. The van der Waals surface area contributed by atoms with Crippen molar-refractivity contribution in [3.63, 3.8) is 0 Å². The molecule has 0 spiro atoms. The standard InChI is InChI=1S/C16H28N4/c1-4-8-14-15(17-6-3)18-12-19-16(14)20-10-7-9-13(5-2)11-20/h12-13H,4-11H2,1-3H3,(H,17,18,19). The lowest BCUT2D eigenvalue weighted by molar-refractivity contribution is 0.402. The first-order valence-corrected chi connectivity index (χ1v) is 8.12. The van der Waals surface area contributed by atoms with E-state index in [0.29, 0.717) is 0 Å². The van der Waals surface area contributed by atoms with E-state index in [1.807, 2.05) is 0 Å². The molecule has 1 atom stereocenters. The Balaban J connectivity index is 2.26. The van der Waals surface area contributed by atoms with Crippen LogP contribution in [0, 0.1) is 5.92 Å². The zero-order valence-corrected chi connectivity index (χ0v) is 13.2. The maximum atomic E-state index is 4.61. The second kappa shape index (κ2) is 7.46. The molecule has 1 aromatic rings. The lowest BCUT2D eigenvalue weighted by Crippen LogP contribution is -2.36. The Morgan fingerprint density at radius 2 is 2.15 bits per heavy atom. The Labute approximate surface area is 123 Å². The van der Waals surface area contributed by atoms with Gasteiger partial charge < -0.3 is 10.2 Å². The van der Waals surface area contributed by atoms with Gasteiger partial charge in [0.25, 0.3) is 0 Å². The monoisotopic (exact) mass is 276 g/mol. The molecule has 1 N–H and O–H groups in total. The number of hydrogen-bond acceptors (Lipinski definition) is 4. The molecule has 112 valence electrons. The third-order valence-electron chi connectivity index (χ3n) is 4.16. The smallest absolute Gasteiger partial charge is 0.137 e. The Hall–Kier alpha value is -1.32. The number of hydrogen-bond donors (Lipinski definition) is 1. The fourth-order valence-corrected chi connectivity index (χ4v) is 3.07. The van der Waals surface area contributed by atoms with Crippen LogP contribution in [-0.2, 0) is 6.42 Å². The predicted octanol–water partition coefficient (Wildman–Crippen LogP) is 3.49. The van der Waals surface area contributed by atoms with Gasteiger partial charge in [0.15, 0.2) is 0 Å². The summed E-state index contributed by atoms with van der Waals surface area (Å²) in [6.45, 7) is 9.82. The first kappa shape index (κ1) is 15.1. The van der Waals surface area contributed by atoms with Crippen LogP contribution in [0.15, 0.2) is 6.33 Å². The quantitative estimate of drug-likeness (QED) is 0.863. The summed E-state index contributed by atoms with van der Waals surface area (Å²) in [4.78, 5) is 11.5. The highest BCUT2D eigenvalue weighted by molar-refractivity contribution is 5.59. The number of nitrogens with zero attached hydrogens (tertiary/aromatic N) is 3. The molecular formula is C16H28N4. The number of anilines is 2. The summed E-state index contributed by atoms with van der Waals surface area (Å²) in [6, 6.07) is 0. The van der Waals surface area contributed by atoms with Gasteiger partial charge in [0.1, 0.15) is 18.0 Å². The molecule has 0 radical (unpaired) electrons. The third kappa shape index (κ3) is 3.41. The normalized spacial score (nSPS) is 19.1. The molecule has 1 aromatic heterocycles. The highest BCUT2D eigenvalue weighted by Gasteiger charge is 2.22. The maximum absolute atomic E-state index is 4.61. The van der Waals surface area contributed by atoms with Gasteiger partial charge in [0.05, 0.1) is 0 Å². The van der Waals surface area contributed by atoms with Crippen molar-refractivity contribution in [2.24, 2.45) is 5.92 Å². The Bertz CT molecular complexity index is 419. The minimum atomic E-state index is 0.816. The summed E-state index contributed by atoms with van der Waals surface area (Å²) in [5, 5.41) is 3.39. The molecule has 0 amide bonds. The summed E-state index contributed by atoms with van der Waals surface area (Å²) < 4.78 is 0. The van der Waals surface area contributed by atoms with E-state index in [1.165, 1.54) is 24.8 Å². The van der Waals surface area contributed by atoms with E-state index in [0.717, 1.165) is 50.0 Å². The molecule has 20 heavy (non-hydrogen) atoms. The van der Waals surface area contributed by atoms with Gasteiger partial charge in [-0.3, -0.25) is 0 Å². The molecule has 0 bridgehead atoms. The first-order chi connectivity index (χ1) is 9.80. The van der Waals surface area contributed by atoms with E-state index < -0.39 is 0 Å². The van der Waals surface area contributed by atoms with Crippen LogP contribution < -0.4 is 10.2 Å². The molecule has 0 aromatic carbocycles. The lowest BCUT2D eigenvalue weighted by atomic mass is 9.95. The van der Waals surface area contributed by atoms with Crippen LogP contribution in [0.5, 0.6) is 0 Å². The molecule has 1 fully saturated rings. The summed E-state index contributed by atoms with van der Waals surface area (Å²) in [5.41, 5.74) is 1.30. The van der Waals surface area contributed by atoms with Crippen LogP contribution >= 0.6 is 0 Å². The maximum Gasteiger partial charge on any atom is 0.137 e. The molecule has 0 saturated carbocycles. The van der Waals surface area contributed by atoms with Crippen LogP contribution in [-0.4, -0.2) is 29.6 Å². The van der Waals surface area contributed by atoms with Crippen molar-refractivity contribution in [1.29, 1.82) is 0 Å². The minimum absolute atomic E-state index is 0.816. The zero-order valence-electron chi connectivity index (χ0n) is 13.2. The van der Waals surface area contributed by atoms with Crippen LogP contribution in [0.4, 0.5) is 11.6 Å². The second-order valence-electron chi connectivity index (χ2n) is 5.67. The summed E-state index contributed by atoms with van der Waals surface area (Å²) in [7, 11) is 0. The van der Waals surface area contributed by atoms with Crippen molar-refractivity contribution >= 4 is 11.6 Å². The number of rotatable bonds is 6. The molecule has 1 unspecified atom stereocenters. The van der Waals surface area contributed by atoms with Crippen molar-refractivity contribution in [2.45, 2.75) is 52.9 Å². The average molecular weight is 276 g/mol. The Kier molecular flexibility index (Phi) is 5.62. The van der Waals surface area contributed by atoms with Gasteiger partial charge in [-0.15, -0.1) is 0 Å². The molecule has 2 heterocycles. The SMILES string of the molecule is CCCc1c(NCC)ncnc1N1CCCC(CC)C1. The van der Waals surface area contributed by atoms with E-state index in [9.17, 15) is 0 Å². The van der Waals surface area contributed by atoms with Crippen molar-refractivity contribution in [2.75, 3.05) is 29.9 Å². The number of nitrogens with one attached hydrogen (secondary N) is 1. The molecular weight excluding hydrogens is 248 g/mol. The molecule has 1 aliphatic heterocycles. The van der Waals surface area contributed by atoms with Gasteiger partial charge in [0.2, 0.25) is 0 Å². The summed E-state index contributed by atoms with van der Waals surface area (Å²) >= 11 is 0. The lowest BCUT2D eigenvalue weighted by Gasteiger charge is -2.34.